The largest absolute Gasteiger partial charge is 0.504 e. The molecule has 0 fully saturated rings. The summed E-state index contributed by atoms with van der Waals surface area (Å²) >= 11 is 5.98. The zero-order chi connectivity index (χ0) is 9.84. The van der Waals surface area contributed by atoms with Crippen LogP contribution in [0.1, 0.15) is 10.9 Å². The maximum Gasteiger partial charge on any atom is 0.157 e. The van der Waals surface area contributed by atoms with Crippen molar-refractivity contribution in [2.24, 2.45) is 0 Å². The molecule has 0 saturated carbocycles. The normalized spacial score (nSPS) is 12.8. The average Bonchev–Trinajstić information content (AvgIpc) is 2.10. The van der Waals surface area contributed by atoms with E-state index < -0.39 is 0 Å². The van der Waals surface area contributed by atoms with Gasteiger partial charge in [0.15, 0.2) is 11.5 Å². The number of phenolic OH excluding ortho intramolecular Hbond substituents is 2. The van der Waals surface area contributed by atoms with Gasteiger partial charge in [-0.25, -0.2) is 0 Å². The molecule has 3 N–H and O–H groups in total. The van der Waals surface area contributed by atoms with Crippen LogP contribution in [0.3, 0.4) is 0 Å². The van der Waals surface area contributed by atoms with Crippen LogP contribution in [0.15, 0.2) is 18.2 Å². The van der Waals surface area contributed by atoms with E-state index in [1.165, 1.54) is 12.1 Å². The van der Waals surface area contributed by atoms with Gasteiger partial charge in [0, 0.05) is 6.54 Å². The monoisotopic (exact) mass is 201 g/mol. The Morgan fingerprint density at radius 3 is 2.62 bits per heavy atom. The summed E-state index contributed by atoms with van der Waals surface area (Å²) in [6, 6.07) is 4.57. The van der Waals surface area contributed by atoms with E-state index in [2.05, 4.69) is 5.32 Å². The number of alkyl halides is 1. The lowest BCUT2D eigenvalue weighted by Crippen LogP contribution is -2.12. The smallest absolute Gasteiger partial charge is 0.157 e. The molecule has 1 rings (SSSR count). The third-order valence-corrected chi connectivity index (χ3v) is 2.15. The van der Waals surface area contributed by atoms with Crippen molar-refractivity contribution in [2.45, 2.75) is 5.38 Å². The summed E-state index contributed by atoms with van der Waals surface area (Å²) in [5.74, 6) is -0.267. The number of hydrogen-bond donors (Lipinski definition) is 3. The Balaban J connectivity index is 2.84. The van der Waals surface area contributed by atoms with Crippen LogP contribution in [0, 0.1) is 0 Å². The van der Waals surface area contributed by atoms with Gasteiger partial charge >= 0.3 is 0 Å². The number of phenols is 2. The summed E-state index contributed by atoms with van der Waals surface area (Å²) in [7, 11) is 1.80. The van der Waals surface area contributed by atoms with Crippen molar-refractivity contribution in [3.05, 3.63) is 23.8 Å². The SMILES string of the molecule is CNCC(Cl)c1ccc(O)c(O)c1. The Kier molecular flexibility index (Phi) is 3.39. The molecule has 3 nitrogen and oxygen atoms in total. The summed E-state index contributed by atoms with van der Waals surface area (Å²) in [6.07, 6.45) is 0. The Labute approximate surface area is 82.0 Å². The van der Waals surface area contributed by atoms with Gasteiger partial charge in [-0.3, -0.25) is 0 Å². The third-order valence-electron chi connectivity index (χ3n) is 1.74. The van der Waals surface area contributed by atoms with E-state index in [1.807, 2.05) is 0 Å². The van der Waals surface area contributed by atoms with Crippen LogP contribution in [0.2, 0.25) is 0 Å². The molecule has 0 saturated heterocycles. The molecular formula is C9H12ClNO2. The van der Waals surface area contributed by atoms with Crippen molar-refractivity contribution in [3.8, 4) is 11.5 Å². The topological polar surface area (TPSA) is 52.5 Å². The second-order valence-corrected chi connectivity index (χ2v) is 3.30. The summed E-state index contributed by atoms with van der Waals surface area (Å²) in [4.78, 5) is 0. The molecule has 1 atom stereocenters. The molecule has 1 aromatic rings. The van der Waals surface area contributed by atoms with E-state index in [4.69, 9.17) is 16.7 Å². The number of benzene rings is 1. The molecule has 4 heteroatoms. The second-order valence-electron chi connectivity index (χ2n) is 2.77. The first-order valence-corrected chi connectivity index (χ1v) is 4.39. The molecule has 1 aromatic carbocycles. The Bertz CT molecular complexity index is 291. The second kappa shape index (κ2) is 4.35. The van der Waals surface area contributed by atoms with Gasteiger partial charge in [-0.2, -0.15) is 0 Å². The van der Waals surface area contributed by atoms with Crippen LogP contribution >= 0.6 is 11.6 Å². The molecular weight excluding hydrogens is 190 g/mol. The predicted molar refractivity (Wildman–Crippen MR) is 52.3 cm³/mol. The van der Waals surface area contributed by atoms with Gasteiger partial charge in [-0.15, -0.1) is 11.6 Å². The highest BCUT2D eigenvalue weighted by Crippen LogP contribution is 2.29. The van der Waals surface area contributed by atoms with Gasteiger partial charge in [0.1, 0.15) is 0 Å². The highest BCUT2D eigenvalue weighted by atomic mass is 35.5. The van der Waals surface area contributed by atoms with Crippen LogP contribution in [0.5, 0.6) is 11.5 Å². The lowest BCUT2D eigenvalue weighted by molar-refractivity contribution is 0.403. The molecule has 0 spiro atoms. The van der Waals surface area contributed by atoms with Crippen molar-refractivity contribution in [3.63, 3.8) is 0 Å². The Hall–Kier alpha value is -0.930. The number of likely N-dealkylation sites (N-methyl/N-ethyl adjacent to an activating group) is 1. The van der Waals surface area contributed by atoms with E-state index in [0.29, 0.717) is 6.54 Å². The van der Waals surface area contributed by atoms with Gasteiger partial charge < -0.3 is 15.5 Å². The van der Waals surface area contributed by atoms with Crippen LogP contribution in [0.4, 0.5) is 0 Å². The summed E-state index contributed by atoms with van der Waals surface area (Å²) in [5.41, 5.74) is 0.784. The molecule has 1 unspecified atom stereocenters. The minimum Gasteiger partial charge on any atom is -0.504 e. The van der Waals surface area contributed by atoms with Gasteiger partial charge in [-0.05, 0) is 24.7 Å². The summed E-state index contributed by atoms with van der Waals surface area (Å²) in [6.45, 7) is 0.617. The first-order chi connectivity index (χ1) is 6.15. The zero-order valence-corrected chi connectivity index (χ0v) is 8.04. The lowest BCUT2D eigenvalue weighted by Gasteiger charge is -2.09. The van der Waals surface area contributed by atoms with E-state index in [-0.39, 0.29) is 16.9 Å². The fraction of sp³-hybridized carbons (Fsp3) is 0.333. The van der Waals surface area contributed by atoms with Crippen LogP contribution in [-0.2, 0) is 0 Å². The molecule has 72 valence electrons. The van der Waals surface area contributed by atoms with Crippen molar-refractivity contribution in [1.29, 1.82) is 0 Å². The molecule has 0 aliphatic carbocycles. The van der Waals surface area contributed by atoms with Gasteiger partial charge in [0.25, 0.3) is 0 Å². The highest BCUT2D eigenvalue weighted by Gasteiger charge is 2.08. The van der Waals surface area contributed by atoms with Crippen LogP contribution in [0.25, 0.3) is 0 Å². The van der Waals surface area contributed by atoms with E-state index in [0.717, 1.165) is 5.56 Å². The van der Waals surface area contributed by atoms with Crippen LogP contribution < -0.4 is 5.32 Å². The van der Waals surface area contributed by atoms with E-state index >= 15 is 0 Å². The average molecular weight is 202 g/mol. The standard InChI is InChI=1S/C9H12ClNO2/c1-11-5-7(10)6-2-3-8(12)9(13)4-6/h2-4,7,11-13H,5H2,1H3. The summed E-state index contributed by atoms with van der Waals surface area (Å²) < 4.78 is 0. The number of aromatic hydroxyl groups is 2. The zero-order valence-electron chi connectivity index (χ0n) is 7.29. The lowest BCUT2D eigenvalue weighted by atomic mass is 10.1. The first-order valence-electron chi connectivity index (χ1n) is 3.95. The quantitative estimate of drug-likeness (QED) is 0.514. The van der Waals surface area contributed by atoms with E-state index in [9.17, 15) is 5.11 Å². The van der Waals surface area contributed by atoms with Crippen LogP contribution in [-0.4, -0.2) is 23.8 Å². The number of halogens is 1. The molecule has 0 amide bonds. The highest BCUT2D eigenvalue weighted by molar-refractivity contribution is 6.21. The van der Waals surface area contributed by atoms with Crippen molar-refractivity contribution in [2.75, 3.05) is 13.6 Å². The van der Waals surface area contributed by atoms with Gasteiger partial charge in [0.2, 0.25) is 0 Å². The molecule has 0 aromatic heterocycles. The van der Waals surface area contributed by atoms with E-state index in [1.54, 1.807) is 13.1 Å². The van der Waals surface area contributed by atoms with Crippen molar-refractivity contribution >= 4 is 11.6 Å². The van der Waals surface area contributed by atoms with Crippen molar-refractivity contribution < 1.29 is 10.2 Å². The molecule has 0 aliphatic heterocycles. The van der Waals surface area contributed by atoms with Gasteiger partial charge in [0.05, 0.1) is 5.38 Å². The van der Waals surface area contributed by atoms with Crippen molar-refractivity contribution in [1.82, 2.24) is 5.32 Å². The molecule has 0 bridgehead atoms. The summed E-state index contributed by atoms with van der Waals surface area (Å²) in [5, 5.41) is 21.0. The third kappa shape index (κ3) is 2.50. The number of rotatable bonds is 3. The fourth-order valence-corrected chi connectivity index (χ4v) is 1.32. The maximum atomic E-state index is 9.19. The fourth-order valence-electron chi connectivity index (χ4n) is 1.03. The Morgan fingerprint density at radius 2 is 2.08 bits per heavy atom. The molecule has 0 aliphatic rings. The Morgan fingerprint density at radius 1 is 1.38 bits per heavy atom. The predicted octanol–water partition coefficient (Wildman–Crippen LogP) is 1.60. The number of hydrogen-bond acceptors (Lipinski definition) is 3. The minimum absolute atomic E-state index is 0.128. The number of nitrogens with one attached hydrogen (secondary N) is 1. The first kappa shape index (κ1) is 10.2. The molecule has 13 heavy (non-hydrogen) atoms. The molecule has 0 heterocycles. The minimum atomic E-state index is -0.198. The van der Waals surface area contributed by atoms with Gasteiger partial charge in [-0.1, -0.05) is 6.07 Å². The maximum absolute atomic E-state index is 9.19. The molecule has 0 radical (unpaired) electrons.